The lowest BCUT2D eigenvalue weighted by atomic mass is 10.0. The molecule has 16 heavy (non-hydrogen) atoms. The van der Waals surface area contributed by atoms with Gasteiger partial charge in [0.25, 0.3) is 0 Å². The summed E-state index contributed by atoms with van der Waals surface area (Å²) in [6.07, 6.45) is 5.11. The zero-order valence-corrected chi connectivity index (χ0v) is 10.2. The lowest BCUT2D eigenvalue weighted by molar-refractivity contribution is 0.253. The second-order valence-electron chi connectivity index (χ2n) is 4.78. The highest BCUT2D eigenvalue weighted by atomic mass is 15.2. The Labute approximate surface area is 98.4 Å². The predicted octanol–water partition coefficient (Wildman–Crippen LogP) is 2.69. The molecule has 0 radical (unpaired) electrons. The van der Waals surface area contributed by atoms with Crippen LogP contribution < -0.4 is 5.73 Å². The van der Waals surface area contributed by atoms with Gasteiger partial charge in [-0.05, 0) is 56.5 Å². The summed E-state index contributed by atoms with van der Waals surface area (Å²) in [4.78, 5) is 2.63. The van der Waals surface area contributed by atoms with E-state index in [0.717, 1.165) is 18.2 Å². The summed E-state index contributed by atoms with van der Waals surface area (Å²) >= 11 is 0. The number of hydrogen-bond donors (Lipinski definition) is 1. The van der Waals surface area contributed by atoms with E-state index in [4.69, 9.17) is 5.73 Å². The molecule has 1 aromatic rings. The second kappa shape index (κ2) is 5.35. The largest absolute Gasteiger partial charge is 0.399 e. The highest BCUT2D eigenvalue weighted by Gasteiger charge is 2.23. The van der Waals surface area contributed by atoms with E-state index >= 15 is 0 Å². The molecule has 0 amide bonds. The van der Waals surface area contributed by atoms with Gasteiger partial charge in [0.1, 0.15) is 0 Å². The smallest absolute Gasteiger partial charge is 0.0316 e. The van der Waals surface area contributed by atoms with Gasteiger partial charge in [0, 0.05) is 11.7 Å². The fourth-order valence-electron chi connectivity index (χ4n) is 2.70. The number of nitrogens with zero attached hydrogens (tertiary/aromatic N) is 1. The van der Waals surface area contributed by atoms with Gasteiger partial charge in [-0.2, -0.15) is 0 Å². The lowest BCUT2D eigenvalue weighted by Gasteiger charge is -2.23. The van der Waals surface area contributed by atoms with Crippen molar-refractivity contribution in [3.63, 3.8) is 0 Å². The van der Waals surface area contributed by atoms with Gasteiger partial charge in [-0.1, -0.05) is 19.1 Å². The van der Waals surface area contributed by atoms with Crippen molar-refractivity contribution in [1.82, 2.24) is 4.90 Å². The molecule has 2 N–H and O–H groups in total. The van der Waals surface area contributed by atoms with Gasteiger partial charge in [0.15, 0.2) is 0 Å². The van der Waals surface area contributed by atoms with E-state index in [1.54, 1.807) is 0 Å². The molecule has 1 aliphatic heterocycles. The number of rotatable bonds is 4. The predicted molar refractivity (Wildman–Crippen MR) is 69.4 cm³/mol. The van der Waals surface area contributed by atoms with Crippen LogP contribution in [0.25, 0.3) is 0 Å². The molecule has 1 fully saturated rings. The molecule has 88 valence electrons. The van der Waals surface area contributed by atoms with Crippen LogP contribution in [0.5, 0.6) is 0 Å². The molecule has 0 bridgehead atoms. The topological polar surface area (TPSA) is 29.3 Å². The first kappa shape index (κ1) is 11.5. The average molecular weight is 218 g/mol. The summed E-state index contributed by atoms with van der Waals surface area (Å²) in [5, 5.41) is 0. The Morgan fingerprint density at radius 1 is 1.44 bits per heavy atom. The van der Waals surface area contributed by atoms with Crippen LogP contribution in [0.1, 0.15) is 31.7 Å². The molecule has 2 rings (SSSR count). The van der Waals surface area contributed by atoms with Crippen LogP contribution in [0.4, 0.5) is 5.69 Å². The maximum Gasteiger partial charge on any atom is 0.0316 e. The molecule has 1 atom stereocenters. The van der Waals surface area contributed by atoms with Crippen LogP contribution in [0.3, 0.4) is 0 Å². The van der Waals surface area contributed by atoms with Crippen LogP contribution in [-0.2, 0) is 6.42 Å². The van der Waals surface area contributed by atoms with Crippen LogP contribution in [0, 0.1) is 0 Å². The highest BCUT2D eigenvalue weighted by molar-refractivity contribution is 5.40. The van der Waals surface area contributed by atoms with Crippen molar-refractivity contribution < 1.29 is 0 Å². The van der Waals surface area contributed by atoms with Crippen molar-refractivity contribution in [2.45, 2.75) is 38.6 Å². The third-order valence-electron chi connectivity index (χ3n) is 3.43. The van der Waals surface area contributed by atoms with Gasteiger partial charge in [0.2, 0.25) is 0 Å². The van der Waals surface area contributed by atoms with Crippen LogP contribution in [0.15, 0.2) is 24.3 Å². The molecule has 0 aliphatic carbocycles. The number of benzene rings is 1. The van der Waals surface area contributed by atoms with Crippen LogP contribution in [0.2, 0.25) is 0 Å². The third kappa shape index (κ3) is 2.76. The number of nitrogen functional groups attached to an aromatic ring is 1. The Balaban J connectivity index is 1.98. The number of likely N-dealkylation sites (tertiary alicyclic amines) is 1. The summed E-state index contributed by atoms with van der Waals surface area (Å²) in [6.45, 7) is 4.78. The van der Waals surface area contributed by atoms with E-state index in [-0.39, 0.29) is 0 Å². The van der Waals surface area contributed by atoms with E-state index in [0.29, 0.717) is 0 Å². The SMILES string of the molecule is CCCN1CCCC1Cc1cccc(N)c1. The van der Waals surface area contributed by atoms with Gasteiger partial charge in [-0.3, -0.25) is 0 Å². The van der Waals surface area contributed by atoms with E-state index in [2.05, 4.69) is 30.0 Å². The zero-order valence-electron chi connectivity index (χ0n) is 10.2. The number of hydrogen-bond acceptors (Lipinski definition) is 2. The van der Waals surface area contributed by atoms with E-state index in [1.165, 1.54) is 37.9 Å². The Morgan fingerprint density at radius 3 is 3.06 bits per heavy atom. The summed E-state index contributed by atoms with van der Waals surface area (Å²) in [5.74, 6) is 0. The van der Waals surface area contributed by atoms with E-state index in [1.807, 2.05) is 6.07 Å². The van der Waals surface area contributed by atoms with Gasteiger partial charge < -0.3 is 10.6 Å². The van der Waals surface area contributed by atoms with Gasteiger partial charge in [-0.15, -0.1) is 0 Å². The molecule has 1 aliphatic rings. The lowest BCUT2D eigenvalue weighted by Crippen LogP contribution is -2.31. The van der Waals surface area contributed by atoms with Crippen LogP contribution in [-0.4, -0.2) is 24.0 Å². The summed E-state index contributed by atoms with van der Waals surface area (Å²) in [5.41, 5.74) is 8.08. The average Bonchev–Trinajstić information content (AvgIpc) is 2.66. The normalized spacial score (nSPS) is 21.4. The minimum atomic E-state index is 0.738. The molecule has 0 spiro atoms. The van der Waals surface area contributed by atoms with Crippen LogP contribution >= 0.6 is 0 Å². The minimum absolute atomic E-state index is 0.738. The van der Waals surface area contributed by atoms with Crippen molar-refractivity contribution in [3.8, 4) is 0 Å². The van der Waals surface area contributed by atoms with Gasteiger partial charge in [0.05, 0.1) is 0 Å². The summed E-state index contributed by atoms with van der Waals surface area (Å²) in [7, 11) is 0. The summed E-state index contributed by atoms with van der Waals surface area (Å²) in [6, 6.07) is 9.06. The van der Waals surface area contributed by atoms with Gasteiger partial charge >= 0.3 is 0 Å². The highest BCUT2D eigenvalue weighted by Crippen LogP contribution is 2.21. The first-order valence-electron chi connectivity index (χ1n) is 6.38. The molecule has 2 heteroatoms. The molecular formula is C14H22N2. The fraction of sp³-hybridized carbons (Fsp3) is 0.571. The summed E-state index contributed by atoms with van der Waals surface area (Å²) < 4.78 is 0. The van der Waals surface area contributed by atoms with Crippen molar-refractivity contribution in [1.29, 1.82) is 0 Å². The van der Waals surface area contributed by atoms with Gasteiger partial charge in [-0.25, -0.2) is 0 Å². The van der Waals surface area contributed by atoms with E-state index in [9.17, 15) is 0 Å². The zero-order chi connectivity index (χ0) is 11.4. The monoisotopic (exact) mass is 218 g/mol. The van der Waals surface area contributed by atoms with Crippen molar-refractivity contribution in [3.05, 3.63) is 29.8 Å². The third-order valence-corrected chi connectivity index (χ3v) is 3.43. The Kier molecular flexibility index (Phi) is 3.83. The molecular weight excluding hydrogens is 196 g/mol. The Hall–Kier alpha value is -1.02. The maximum atomic E-state index is 5.81. The molecule has 1 unspecified atom stereocenters. The molecule has 2 nitrogen and oxygen atoms in total. The fourth-order valence-corrected chi connectivity index (χ4v) is 2.70. The van der Waals surface area contributed by atoms with Crippen molar-refractivity contribution in [2.75, 3.05) is 18.8 Å². The molecule has 0 aromatic heterocycles. The Morgan fingerprint density at radius 2 is 2.31 bits per heavy atom. The number of anilines is 1. The molecule has 0 saturated carbocycles. The second-order valence-corrected chi connectivity index (χ2v) is 4.78. The maximum absolute atomic E-state index is 5.81. The van der Waals surface area contributed by atoms with Crippen molar-refractivity contribution in [2.24, 2.45) is 0 Å². The first-order chi connectivity index (χ1) is 7.79. The molecule has 1 aromatic carbocycles. The quantitative estimate of drug-likeness (QED) is 0.787. The Bertz CT molecular complexity index is 335. The number of nitrogens with two attached hydrogens (primary N) is 1. The first-order valence-corrected chi connectivity index (χ1v) is 6.38. The molecule has 1 saturated heterocycles. The minimum Gasteiger partial charge on any atom is -0.399 e. The standard InChI is InChI=1S/C14H22N2/c1-2-8-16-9-4-7-14(16)11-12-5-3-6-13(15)10-12/h3,5-6,10,14H,2,4,7-9,11,15H2,1H3. The van der Waals surface area contributed by atoms with E-state index < -0.39 is 0 Å². The van der Waals surface area contributed by atoms with Crippen molar-refractivity contribution >= 4 is 5.69 Å². The molecule has 1 heterocycles.